The number of halogens is 2. The molecule has 1 fully saturated rings. The van der Waals surface area contributed by atoms with Gasteiger partial charge in [-0.3, -0.25) is 4.79 Å². The summed E-state index contributed by atoms with van der Waals surface area (Å²) in [5.41, 5.74) is 4.94. The lowest BCUT2D eigenvalue weighted by atomic mass is 10.0. The number of piperazine rings is 1. The highest BCUT2D eigenvalue weighted by Crippen LogP contribution is 2.25. The number of amides is 1. The predicted molar refractivity (Wildman–Crippen MR) is 117 cm³/mol. The minimum absolute atomic E-state index is 0. The second-order valence-corrected chi connectivity index (χ2v) is 6.91. The van der Waals surface area contributed by atoms with E-state index in [-0.39, 0.29) is 36.8 Å². The van der Waals surface area contributed by atoms with Gasteiger partial charge in [0, 0.05) is 32.0 Å². The molecule has 3 heterocycles. The van der Waals surface area contributed by atoms with Gasteiger partial charge in [0.1, 0.15) is 11.3 Å². The molecule has 1 amide bonds. The van der Waals surface area contributed by atoms with Crippen LogP contribution in [0.25, 0.3) is 5.65 Å². The fourth-order valence-electron chi connectivity index (χ4n) is 3.55. The van der Waals surface area contributed by atoms with E-state index in [1.165, 1.54) is 11.1 Å². The van der Waals surface area contributed by atoms with Crippen LogP contribution in [0, 0.1) is 6.92 Å². The molecule has 3 aromatic rings. The molecular formula is C21H26Cl2N4O. The van der Waals surface area contributed by atoms with Crippen LogP contribution in [0.3, 0.4) is 0 Å². The molecule has 0 spiro atoms. The van der Waals surface area contributed by atoms with Crippen LogP contribution in [0.4, 0.5) is 0 Å². The molecule has 1 aromatic carbocycles. The Morgan fingerprint density at radius 3 is 2.68 bits per heavy atom. The van der Waals surface area contributed by atoms with Gasteiger partial charge >= 0.3 is 0 Å². The number of nitrogens with zero attached hydrogens (tertiary/aromatic N) is 3. The maximum absolute atomic E-state index is 13.2. The summed E-state index contributed by atoms with van der Waals surface area (Å²) in [6.07, 6.45) is 4.80. The second-order valence-electron chi connectivity index (χ2n) is 6.91. The standard InChI is InChI=1S/C21H24N4O.2ClH/c1-3-16-4-6-17(7-5-16)19-13-22-9-11-25(19)21(26)18-14-24-10-8-15(2)12-20(24)23-18;;/h4-8,10,12,14,19,22H,3,9,11,13H2,1-2H3;2*1H. The lowest BCUT2D eigenvalue weighted by Gasteiger charge is -2.36. The van der Waals surface area contributed by atoms with Gasteiger partial charge in [0.15, 0.2) is 0 Å². The molecule has 1 atom stereocenters. The Kier molecular flexibility index (Phi) is 7.47. The maximum atomic E-state index is 13.2. The molecular weight excluding hydrogens is 395 g/mol. The van der Waals surface area contributed by atoms with Crippen molar-refractivity contribution in [1.29, 1.82) is 0 Å². The Morgan fingerprint density at radius 1 is 1.21 bits per heavy atom. The Labute approximate surface area is 178 Å². The zero-order valence-corrected chi connectivity index (χ0v) is 17.7. The van der Waals surface area contributed by atoms with Crippen LogP contribution in [0.15, 0.2) is 48.8 Å². The summed E-state index contributed by atoms with van der Waals surface area (Å²) >= 11 is 0. The van der Waals surface area contributed by atoms with Gasteiger partial charge in [-0.05, 0) is 42.2 Å². The lowest BCUT2D eigenvalue weighted by Crippen LogP contribution is -2.48. The third kappa shape index (κ3) is 4.32. The second kappa shape index (κ2) is 9.41. The summed E-state index contributed by atoms with van der Waals surface area (Å²) in [6, 6.07) is 12.6. The van der Waals surface area contributed by atoms with Crippen molar-refractivity contribution in [2.24, 2.45) is 0 Å². The van der Waals surface area contributed by atoms with Crippen molar-refractivity contribution >= 4 is 36.4 Å². The first kappa shape index (κ1) is 22.2. The van der Waals surface area contributed by atoms with Crippen LogP contribution < -0.4 is 5.32 Å². The number of rotatable bonds is 3. The average molecular weight is 421 g/mol. The molecule has 0 saturated carbocycles. The average Bonchev–Trinajstić information content (AvgIpc) is 3.10. The van der Waals surface area contributed by atoms with E-state index in [0.717, 1.165) is 30.7 Å². The quantitative estimate of drug-likeness (QED) is 0.699. The molecule has 28 heavy (non-hydrogen) atoms. The number of carbonyl (C=O) groups excluding carboxylic acids is 1. The van der Waals surface area contributed by atoms with E-state index >= 15 is 0 Å². The van der Waals surface area contributed by atoms with Crippen molar-refractivity contribution in [3.8, 4) is 0 Å². The first-order valence-electron chi connectivity index (χ1n) is 9.21. The molecule has 1 aliphatic rings. The maximum Gasteiger partial charge on any atom is 0.274 e. The van der Waals surface area contributed by atoms with Gasteiger partial charge in [-0.1, -0.05) is 31.2 Å². The summed E-state index contributed by atoms with van der Waals surface area (Å²) in [7, 11) is 0. The number of hydrogen-bond donors (Lipinski definition) is 1. The smallest absolute Gasteiger partial charge is 0.274 e. The van der Waals surface area contributed by atoms with E-state index in [9.17, 15) is 4.79 Å². The summed E-state index contributed by atoms with van der Waals surface area (Å²) < 4.78 is 1.91. The minimum atomic E-state index is -0.00239. The van der Waals surface area contributed by atoms with Crippen LogP contribution in [0.1, 0.15) is 40.1 Å². The molecule has 1 aliphatic heterocycles. The Hall–Kier alpha value is -2.08. The van der Waals surface area contributed by atoms with Crippen molar-refractivity contribution in [1.82, 2.24) is 19.6 Å². The van der Waals surface area contributed by atoms with E-state index in [1.54, 1.807) is 0 Å². The van der Waals surface area contributed by atoms with Crippen LogP contribution >= 0.6 is 24.8 Å². The highest BCUT2D eigenvalue weighted by molar-refractivity contribution is 5.93. The molecule has 4 rings (SSSR count). The molecule has 0 radical (unpaired) electrons. The molecule has 7 heteroatoms. The SMILES string of the molecule is CCc1ccc(C2CNCCN2C(=O)c2cn3ccc(C)cc3n2)cc1.Cl.Cl. The number of carbonyl (C=O) groups is 1. The molecule has 5 nitrogen and oxygen atoms in total. The fourth-order valence-corrected chi connectivity index (χ4v) is 3.55. The van der Waals surface area contributed by atoms with Crippen molar-refractivity contribution in [2.45, 2.75) is 26.3 Å². The van der Waals surface area contributed by atoms with Crippen LogP contribution in [0.2, 0.25) is 0 Å². The Bertz CT molecular complexity index is 939. The third-order valence-corrected chi connectivity index (χ3v) is 5.11. The van der Waals surface area contributed by atoms with Crippen molar-refractivity contribution < 1.29 is 4.79 Å². The number of aromatic nitrogens is 2. The summed E-state index contributed by atoms with van der Waals surface area (Å²) in [6.45, 7) is 6.44. The molecule has 2 aromatic heterocycles. The fraction of sp³-hybridized carbons (Fsp3) is 0.333. The first-order valence-corrected chi connectivity index (χ1v) is 9.21. The number of aryl methyl sites for hydroxylation is 2. The van der Waals surface area contributed by atoms with E-state index in [1.807, 2.05) is 40.8 Å². The lowest BCUT2D eigenvalue weighted by molar-refractivity contribution is 0.0629. The van der Waals surface area contributed by atoms with Crippen molar-refractivity contribution in [3.63, 3.8) is 0 Å². The minimum Gasteiger partial charge on any atom is -0.328 e. The summed E-state index contributed by atoms with van der Waals surface area (Å²) in [5, 5.41) is 3.41. The normalized spacial score (nSPS) is 16.4. The monoisotopic (exact) mass is 420 g/mol. The zero-order valence-electron chi connectivity index (χ0n) is 16.1. The molecule has 0 aliphatic carbocycles. The van der Waals surface area contributed by atoms with Gasteiger partial charge < -0.3 is 14.6 Å². The Balaban J connectivity index is 0.00000140. The van der Waals surface area contributed by atoms with Crippen molar-refractivity contribution in [3.05, 3.63) is 71.2 Å². The van der Waals surface area contributed by atoms with E-state index in [2.05, 4.69) is 41.5 Å². The van der Waals surface area contributed by atoms with Gasteiger partial charge in [-0.2, -0.15) is 0 Å². The molecule has 150 valence electrons. The van der Waals surface area contributed by atoms with E-state index in [4.69, 9.17) is 0 Å². The number of hydrogen-bond acceptors (Lipinski definition) is 3. The number of imidazole rings is 1. The van der Waals surface area contributed by atoms with Crippen LogP contribution in [-0.2, 0) is 6.42 Å². The first-order chi connectivity index (χ1) is 12.7. The molecule has 1 N–H and O–H groups in total. The summed E-state index contributed by atoms with van der Waals surface area (Å²) in [4.78, 5) is 19.7. The topological polar surface area (TPSA) is 49.6 Å². The number of nitrogens with one attached hydrogen (secondary N) is 1. The number of benzene rings is 1. The Morgan fingerprint density at radius 2 is 1.96 bits per heavy atom. The molecule has 1 unspecified atom stereocenters. The highest BCUT2D eigenvalue weighted by Gasteiger charge is 2.29. The zero-order chi connectivity index (χ0) is 18.1. The molecule has 1 saturated heterocycles. The van der Waals surface area contributed by atoms with E-state index in [0.29, 0.717) is 12.2 Å². The predicted octanol–water partition coefficient (Wildman–Crippen LogP) is 3.84. The third-order valence-electron chi connectivity index (χ3n) is 5.11. The van der Waals surface area contributed by atoms with E-state index < -0.39 is 0 Å². The van der Waals surface area contributed by atoms with Gasteiger partial charge in [0.25, 0.3) is 5.91 Å². The number of pyridine rings is 1. The highest BCUT2D eigenvalue weighted by atomic mass is 35.5. The van der Waals surface area contributed by atoms with Crippen molar-refractivity contribution in [2.75, 3.05) is 19.6 Å². The van der Waals surface area contributed by atoms with Gasteiger partial charge in [0.2, 0.25) is 0 Å². The largest absolute Gasteiger partial charge is 0.328 e. The molecule has 0 bridgehead atoms. The van der Waals surface area contributed by atoms with Crippen LogP contribution in [0.5, 0.6) is 0 Å². The van der Waals surface area contributed by atoms with Gasteiger partial charge in [-0.25, -0.2) is 4.98 Å². The van der Waals surface area contributed by atoms with Crippen LogP contribution in [-0.4, -0.2) is 39.8 Å². The summed E-state index contributed by atoms with van der Waals surface area (Å²) in [5.74, 6) is -0.00239. The van der Waals surface area contributed by atoms with Gasteiger partial charge in [0.05, 0.1) is 6.04 Å². The number of fused-ring (bicyclic) bond motifs is 1. The van der Waals surface area contributed by atoms with Gasteiger partial charge in [-0.15, -0.1) is 24.8 Å².